The van der Waals surface area contributed by atoms with Crippen molar-refractivity contribution in [2.24, 2.45) is 0 Å². The van der Waals surface area contributed by atoms with E-state index in [1.807, 2.05) is 0 Å². The third-order valence-corrected chi connectivity index (χ3v) is 294. The average Bonchev–Trinajstić information content (AvgIpc) is 3.39. The van der Waals surface area contributed by atoms with Crippen LogP contribution < -0.4 is 0 Å². The minimum absolute atomic E-state index is 0.878. The van der Waals surface area contributed by atoms with Crippen molar-refractivity contribution in [3.8, 4) is 0 Å². The predicted octanol–water partition coefficient (Wildman–Crippen LogP) is 14.6. The maximum absolute atomic E-state index is 3.23. The van der Waals surface area contributed by atoms with E-state index in [0.29, 0.717) is 0 Å². The number of rotatable bonds is 10. The van der Waals surface area contributed by atoms with E-state index in [0.717, 1.165) is 17.1 Å². The zero-order valence-corrected chi connectivity index (χ0v) is 55.8. The molecule has 0 aliphatic carbocycles. The Morgan fingerprint density at radius 3 is 0.423 bits per heavy atom. The van der Waals surface area contributed by atoms with Crippen LogP contribution in [0.3, 0.4) is 0 Å². The van der Waals surface area contributed by atoms with Gasteiger partial charge in [0, 0.05) is 106 Å². The lowest BCUT2D eigenvalue weighted by Crippen LogP contribution is -2.94. The summed E-state index contributed by atoms with van der Waals surface area (Å²) in [4.78, 5) is 0. The largest absolute Gasteiger partial charge is 0.0721 e. The Morgan fingerprint density at radius 1 is 0.231 bits per heavy atom. The van der Waals surface area contributed by atoms with Crippen molar-refractivity contribution in [1.82, 2.24) is 0 Å². The second-order valence-electron chi connectivity index (χ2n) is 30.1. The zero-order valence-electron chi connectivity index (χ0n) is 41.8. The highest BCUT2D eigenvalue weighted by atomic mass is 30.9. The first-order valence-corrected chi connectivity index (χ1v) is 72.2. The fourth-order valence-electron chi connectivity index (χ4n) is 21.8. The quantitative estimate of drug-likeness (QED) is 0.192. The number of hydrogen-bond acceptors (Lipinski definition) is 0. The molecule has 4 fully saturated rings. The topological polar surface area (TPSA) is 0 Å². The molecular weight excluding hydrogens is 850 g/mol. The summed E-state index contributed by atoms with van der Waals surface area (Å²) in [6, 6.07) is 0. The molecule has 0 atom stereocenters. The first kappa shape index (κ1) is 47.7. The summed E-state index contributed by atoms with van der Waals surface area (Å²) in [6.45, 7) is 93.0. The minimum Gasteiger partial charge on any atom is -0.0721 e. The van der Waals surface area contributed by atoms with Crippen molar-refractivity contribution >= 4 is 106 Å². The van der Waals surface area contributed by atoms with Crippen LogP contribution in [0.15, 0.2) is 0 Å². The van der Waals surface area contributed by atoms with Gasteiger partial charge in [0.05, 0.1) is 0 Å². The summed E-state index contributed by atoms with van der Waals surface area (Å²) in [5, 5.41) is 0. The highest BCUT2D eigenvalue weighted by Gasteiger charge is 3.27. The first-order valence-electron chi connectivity index (χ1n) is 22.2. The third-order valence-electron chi connectivity index (χ3n) is 19.5. The Balaban J connectivity index is 2.69. The Kier molecular flexibility index (Phi) is 10.5. The van der Waals surface area contributed by atoms with E-state index in [1.54, 1.807) is 25.7 Å². The highest BCUT2D eigenvalue weighted by Crippen LogP contribution is 3.05. The lowest BCUT2D eigenvalue weighted by Gasteiger charge is -2.77. The molecule has 0 amide bonds. The van der Waals surface area contributed by atoms with Crippen molar-refractivity contribution in [3.63, 3.8) is 0 Å². The monoisotopic (exact) mass is 946 g/mol. The fourth-order valence-corrected chi connectivity index (χ4v) is 693. The van der Waals surface area contributed by atoms with Crippen LogP contribution in [0, 0.1) is 0 Å². The summed E-state index contributed by atoms with van der Waals surface area (Å²) in [5.74, 6) is 0. The second-order valence-corrected chi connectivity index (χ2v) is 154. The van der Waals surface area contributed by atoms with Crippen LogP contribution >= 0.6 is 0 Å². The van der Waals surface area contributed by atoms with E-state index >= 15 is 0 Å². The van der Waals surface area contributed by atoms with E-state index in [9.17, 15) is 0 Å². The van der Waals surface area contributed by atoms with Crippen LogP contribution in [-0.4, -0.2) is 106 Å². The van der Waals surface area contributed by atoms with E-state index < -0.39 is 106 Å². The molecule has 14 heteroatoms. The molecule has 0 aromatic rings. The van der Waals surface area contributed by atoms with Crippen molar-refractivity contribution < 1.29 is 0 Å². The number of fused-ring (bicyclic) bond motifs is 5. The molecule has 4 rings (SSSR count). The van der Waals surface area contributed by atoms with Gasteiger partial charge in [0.2, 0.25) is 0 Å². The molecule has 52 heavy (non-hydrogen) atoms. The third kappa shape index (κ3) is 4.24. The Bertz CT molecular complexity index is 1200. The van der Waals surface area contributed by atoms with Crippen molar-refractivity contribution in [3.05, 3.63) is 0 Å². The smallest absolute Gasteiger partial charge is 0.0447 e. The molecule has 306 valence electrons. The zero-order chi connectivity index (χ0) is 41.8. The van der Waals surface area contributed by atoms with E-state index in [2.05, 4.69) is 196 Å². The van der Waals surface area contributed by atoms with Gasteiger partial charge in [0.25, 0.3) is 0 Å². The van der Waals surface area contributed by atoms with Crippen molar-refractivity contribution in [1.29, 1.82) is 0 Å². The van der Waals surface area contributed by atoms with Gasteiger partial charge in [0.15, 0.2) is 0 Å². The molecule has 4 aliphatic rings. The van der Waals surface area contributed by atoms with Crippen molar-refractivity contribution in [2.75, 3.05) is 0 Å². The van der Waals surface area contributed by atoms with Crippen LogP contribution in [0.4, 0.5) is 0 Å². The molecule has 4 saturated heterocycles. The van der Waals surface area contributed by atoms with Crippen LogP contribution in [0.1, 0.15) is 25.7 Å². The Hall–Kier alpha value is 3.04. The molecule has 2 spiro atoms. The number of hydrogen-bond donors (Lipinski definition) is 0. The van der Waals surface area contributed by atoms with Gasteiger partial charge in [-0.2, -0.15) is 0 Å². The standard InChI is InChI=1S/C38H98Si14/c1-39(2,3)35(40(4,5)6)31-32-36(41(7,8)9,42(10,11)12)49(35)51(47(25,26)27)50(52(49,51)48(28,29)30)37(43(13,14)15,44(16,17)18)33-34-38(50,45(19,20)21)46(22,23)24/h31-34H2,1-30H3. The first-order chi connectivity index (χ1) is 22.2. The van der Waals surface area contributed by atoms with E-state index in [1.165, 1.54) is 0 Å². The molecule has 0 aromatic carbocycles. The average molecular weight is 948 g/mol. The summed E-state index contributed by atoms with van der Waals surface area (Å²) in [6.07, 6.45) is 3.63. The SMILES string of the molecule is C[Si](C)(C)C1([Si](C)(C)C)CCC([Si](C)(C)C)([Si](C)(C)C)[Si]12[Si]1([Si](C)(C)C)[Si]3(C([Si](C)(C)C)([Si](C)(C)C)CCC3([Si](C)(C)C)[Si](C)(C)C)[Si]21[Si](C)(C)C. The van der Waals surface area contributed by atoms with Gasteiger partial charge >= 0.3 is 0 Å². The summed E-state index contributed by atoms with van der Waals surface area (Å²) in [5.41, 5.74) is 0. The van der Waals surface area contributed by atoms with Gasteiger partial charge in [-0.1, -0.05) is 222 Å². The van der Waals surface area contributed by atoms with Gasteiger partial charge in [-0.25, -0.2) is 0 Å². The Morgan fingerprint density at radius 2 is 0.346 bits per heavy atom. The predicted molar refractivity (Wildman–Crippen MR) is 286 cm³/mol. The van der Waals surface area contributed by atoms with Crippen LogP contribution in [0.25, 0.3) is 0 Å². The molecule has 0 bridgehead atoms. The Labute approximate surface area is 342 Å². The minimum atomic E-state index is -1.80. The molecular formula is C38H98Si14. The van der Waals surface area contributed by atoms with Gasteiger partial charge < -0.3 is 0 Å². The summed E-state index contributed by atoms with van der Waals surface area (Å²) < 4.78 is 3.51. The second kappa shape index (κ2) is 11.5. The highest BCUT2D eigenvalue weighted by molar-refractivity contribution is 8.72. The maximum atomic E-state index is 3.23. The van der Waals surface area contributed by atoms with Crippen LogP contribution in [-0.2, 0) is 0 Å². The van der Waals surface area contributed by atoms with E-state index in [-0.39, 0.29) is 0 Å². The van der Waals surface area contributed by atoms with Crippen LogP contribution in [0.2, 0.25) is 214 Å². The summed E-state index contributed by atoms with van der Waals surface area (Å²) >= 11 is 0. The van der Waals surface area contributed by atoms with E-state index in [4.69, 9.17) is 0 Å². The molecule has 0 saturated carbocycles. The van der Waals surface area contributed by atoms with Crippen LogP contribution in [0.5, 0.6) is 0 Å². The summed E-state index contributed by atoms with van der Waals surface area (Å²) in [7, 11) is -19.5. The normalized spacial score (nSPS) is 31.3. The lowest BCUT2D eigenvalue weighted by atomic mass is 10.4. The molecule has 0 unspecified atom stereocenters. The molecule has 4 heterocycles. The maximum Gasteiger partial charge on any atom is 0.0447 e. The molecule has 0 nitrogen and oxygen atoms in total. The van der Waals surface area contributed by atoms with Gasteiger partial charge in [0.1, 0.15) is 0 Å². The van der Waals surface area contributed by atoms with Gasteiger partial charge in [-0.05, 0) is 17.1 Å². The molecule has 4 aliphatic heterocycles. The molecule has 0 aromatic heterocycles. The van der Waals surface area contributed by atoms with Gasteiger partial charge in [-0.15, -0.1) is 0 Å². The molecule has 0 radical (unpaired) electrons. The molecule has 0 N–H and O–H groups in total. The lowest BCUT2D eigenvalue weighted by molar-refractivity contribution is 0.763. The van der Waals surface area contributed by atoms with Gasteiger partial charge in [-0.3, -0.25) is 0 Å². The fraction of sp³-hybridized carbons (Fsp3) is 1.00. The van der Waals surface area contributed by atoms with Crippen molar-refractivity contribution in [2.45, 2.75) is 239 Å².